The lowest BCUT2D eigenvalue weighted by Gasteiger charge is -2.29. The summed E-state index contributed by atoms with van der Waals surface area (Å²) < 4.78 is 55.0. The third-order valence-corrected chi connectivity index (χ3v) is 7.59. The molecule has 1 amide bonds. The number of nitrogens with zero attached hydrogens (tertiary/aromatic N) is 1. The van der Waals surface area contributed by atoms with Gasteiger partial charge in [0.2, 0.25) is 15.9 Å². The Balaban J connectivity index is 1.33. The fourth-order valence-electron chi connectivity index (χ4n) is 4.16. The van der Waals surface area contributed by atoms with Gasteiger partial charge in [-0.15, -0.1) is 0 Å². The molecule has 1 aromatic heterocycles. The fourth-order valence-corrected chi connectivity index (χ4v) is 5.44. The van der Waals surface area contributed by atoms with Crippen molar-refractivity contribution in [2.75, 3.05) is 0 Å². The third kappa shape index (κ3) is 5.36. The molecule has 1 fully saturated rings. The number of pyridine rings is 1. The van der Waals surface area contributed by atoms with Crippen LogP contribution in [0, 0.1) is 17.6 Å². The van der Waals surface area contributed by atoms with Crippen molar-refractivity contribution in [3.63, 3.8) is 0 Å². The Bertz CT molecular complexity index is 1270. The third-order valence-electron chi connectivity index (χ3n) is 6.10. The lowest BCUT2D eigenvalue weighted by molar-refractivity contribution is -0.126. The van der Waals surface area contributed by atoms with Crippen molar-refractivity contribution in [1.82, 2.24) is 15.0 Å². The zero-order chi connectivity index (χ0) is 23.6. The zero-order valence-electron chi connectivity index (χ0n) is 18.1. The highest BCUT2D eigenvalue weighted by Crippen LogP contribution is 2.27. The molecule has 1 saturated carbocycles. The maximum Gasteiger partial charge on any atom is 0.242 e. The monoisotopic (exact) mass is 473 g/mol. The molecule has 174 valence electrons. The van der Waals surface area contributed by atoms with Gasteiger partial charge in [0, 0.05) is 23.5 Å². The van der Waals surface area contributed by atoms with Gasteiger partial charge >= 0.3 is 0 Å². The number of amides is 1. The van der Waals surface area contributed by atoms with Crippen molar-refractivity contribution >= 4 is 26.8 Å². The average molecular weight is 474 g/mol. The van der Waals surface area contributed by atoms with E-state index in [1.807, 2.05) is 24.3 Å². The van der Waals surface area contributed by atoms with Crippen molar-refractivity contribution in [3.8, 4) is 0 Å². The molecule has 0 radical (unpaired) electrons. The Kier molecular flexibility index (Phi) is 6.71. The van der Waals surface area contributed by atoms with E-state index in [4.69, 9.17) is 0 Å². The predicted octanol–water partition coefficient (Wildman–Crippen LogP) is 4.23. The normalized spacial score (nSPS) is 19.8. The topological polar surface area (TPSA) is 88.2 Å². The van der Waals surface area contributed by atoms with E-state index < -0.39 is 27.7 Å². The van der Waals surface area contributed by atoms with Crippen molar-refractivity contribution in [3.05, 3.63) is 71.9 Å². The quantitative estimate of drug-likeness (QED) is 0.561. The first-order chi connectivity index (χ1) is 15.7. The first kappa shape index (κ1) is 23.3. The Morgan fingerprint density at radius 1 is 1.03 bits per heavy atom. The number of nitrogens with one attached hydrogen (secondary N) is 2. The highest BCUT2D eigenvalue weighted by atomic mass is 32.2. The van der Waals surface area contributed by atoms with Crippen LogP contribution in [0.5, 0.6) is 0 Å². The minimum Gasteiger partial charge on any atom is -0.349 e. The molecular weight excluding hydrogens is 448 g/mol. The second kappa shape index (κ2) is 9.52. The maximum absolute atomic E-state index is 13.5. The fraction of sp³-hybridized carbons (Fsp3) is 0.333. The second-order valence-corrected chi connectivity index (χ2v) is 10.2. The molecule has 4 rings (SSSR count). The smallest absolute Gasteiger partial charge is 0.242 e. The van der Waals surface area contributed by atoms with E-state index >= 15 is 0 Å². The molecule has 1 unspecified atom stereocenters. The number of para-hydroxylation sites is 1. The minimum absolute atomic E-state index is 0.112. The number of sulfonamides is 1. The van der Waals surface area contributed by atoms with Crippen molar-refractivity contribution < 1.29 is 22.0 Å². The molecule has 0 spiro atoms. The van der Waals surface area contributed by atoms with Gasteiger partial charge in [-0.3, -0.25) is 9.78 Å². The van der Waals surface area contributed by atoms with Crippen LogP contribution in [0.25, 0.3) is 10.9 Å². The molecule has 3 aromatic rings. The number of carbonyl (C=O) groups is 1. The largest absolute Gasteiger partial charge is 0.349 e. The molecular formula is C24H25F2N3O3S. The van der Waals surface area contributed by atoms with E-state index in [2.05, 4.69) is 15.0 Å². The van der Waals surface area contributed by atoms with Gasteiger partial charge in [0.05, 0.1) is 11.6 Å². The highest BCUT2D eigenvalue weighted by molar-refractivity contribution is 7.89. The molecule has 2 aromatic carbocycles. The van der Waals surface area contributed by atoms with Crippen LogP contribution in [0.1, 0.15) is 44.2 Å². The number of rotatable bonds is 6. The summed E-state index contributed by atoms with van der Waals surface area (Å²) in [6, 6.07) is 11.7. The van der Waals surface area contributed by atoms with Crippen LogP contribution in [0.15, 0.2) is 59.6 Å². The van der Waals surface area contributed by atoms with Crippen molar-refractivity contribution in [2.24, 2.45) is 5.92 Å². The highest BCUT2D eigenvalue weighted by Gasteiger charge is 2.30. The number of halogens is 2. The van der Waals surface area contributed by atoms with Gasteiger partial charge in [-0.25, -0.2) is 21.9 Å². The van der Waals surface area contributed by atoms with Gasteiger partial charge in [-0.2, -0.15) is 0 Å². The Morgan fingerprint density at radius 3 is 2.48 bits per heavy atom. The van der Waals surface area contributed by atoms with Crippen LogP contribution in [-0.4, -0.2) is 25.4 Å². The first-order valence-corrected chi connectivity index (χ1v) is 12.3. The number of benzene rings is 2. The van der Waals surface area contributed by atoms with E-state index in [0.29, 0.717) is 31.2 Å². The standard InChI is InChI=1S/C24H25F2N3O3S/c1-15(17-8-11-21(25)22(26)13-17)28-24(30)16-6-9-19(10-7-16)29-33(31,32)20-12-18-4-2-3-5-23(18)27-14-20/h2-5,8,11-16,19,29H,6-7,9-10H2,1H3,(H,28,30)/t15?,16-,19-. The van der Waals surface area contributed by atoms with Crippen LogP contribution in [0.2, 0.25) is 0 Å². The van der Waals surface area contributed by atoms with E-state index in [1.54, 1.807) is 13.0 Å². The number of hydrogen-bond donors (Lipinski definition) is 2. The van der Waals surface area contributed by atoms with Crippen LogP contribution >= 0.6 is 0 Å². The molecule has 9 heteroatoms. The molecule has 2 N–H and O–H groups in total. The van der Waals surface area contributed by atoms with Crippen LogP contribution in [0.3, 0.4) is 0 Å². The van der Waals surface area contributed by atoms with Gasteiger partial charge in [0.1, 0.15) is 4.90 Å². The Morgan fingerprint density at radius 2 is 1.76 bits per heavy atom. The van der Waals surface area contributed by atoms with Gasteiger partial charge < -0.3 is 5.32 Å². The number of aromatic nitrogens is 1. The summed E-state index contributed by atoms with van der Waals surface area (Å²) in [6.07, 6.45) is 3.46. The van der Waals surface area contributed by atoms with Crippen molar-refractivity contribution in [2.45, 2.75) is 49.6 Å². The zero-order valence-corrected chi connectivity index (χ0v) is 18.9. The lowest BCUT2D eigenvalue weighted by atomic mass is 9.85. The summed E-state index contributed by atoms with van der Waals surface area (Å²) in [6.45, 7) is 1.71. The Hall–Kier alpha value is -2.91. The van der Waals surface area contributed by atoms with E-state index in [9.17, 15) is 22.0 Å². The molecule has 1 aliphatic carbocycles. The average Bonchev–Trinajstić information content (AvgIpc) is 2.80. The summed E-state index contributed by atoms with van der Waals surface area (Å²) in [5.41, 5.74) is 1.20. The van der Waals surface area contributed by atoms with Crippen LogP contribution in [-0.2, 0) is 14.8 Å². The van der Waals surface area contributed by atoms with Crippen LogP contribution in [0.4, 0.5) is 8.78 Å². The molecule has 6 nitrogen and oxygen atoms in total. The molecule has 33 heavy (non-hydrogen) atoms. The summed E-state index contributed by atoms with van der Waals surface area (Å²) in [4.78, 5) is 17.0. The van der Waals surface area contributed by atoms with E-state index in [-0.39, 0.29) is 22.8 Å². The lowest BCUT2D eigenvalue weighted by Crippen LogP contribution is -2.41. The molecule has 1 aliphatic rings. The first-order valence-electron chi connectivity index (χ1n) is 10.9. The predicted molar refractivity (Wildman–Crippen MR) is 121 cm³/mol. The SMILES string of the molecule is CC(NC(=O)[C@H]1CC[C@H](NS(=O)(=O)c2cnc3ccccc3c2)CC1)c1ccc(F)c(F)c1. The second-order valence-electron chi connectivity index (χ2n) is 8.44. The van der Waals surface area contributed by atoms with Gasteiger partial charge in [-0.05, 0) is 62.4 Å². The van der Waals surface area contributed by atoms with E-state index in [1.165, 1.54) is 12.3 Å². The van der Waals surface area contributed by atoms with Gasteiger partial charge in [-0.1, -0.05) is 24.3 Å². The number of carbonyl (C=O) groups excluding carboxylic acids is 1. The van der Waals surface area contributed by atoms with Crippen molar-refractivity contribution in [1.29, 1.82) is 0 Å². The maximum atomic E-state index is 13.5. The molecule has 1 heterocycles. The summed E-state index contributed by atoms with van der Waals surface area (Å²) >= 11 is 0. The number of fused-ring (bicyclic) bond motifs is 1. The molecule has 0 saturated heterocycles. The van der Waals surface area contributed by atoms with E-state index in [0.717, 1.165) is 23.0 Å². The summed E-state index contributed by atoms with van der Waals surface area (Å²) in [5.74, 6) is -2.33. The molecule has 1 atom stereocenters. The summed E-state index contributed by atoms with van der Waals surface area (Å²) in [5, 5.41) is 3.59. The Labute approximate surface area is 191 Å². The number of hydrogen-bond acceptors (Lipinski definition) is 4. The molecule has 0 bridgehead atoms. The van der Waals surface area contributed by atoms with Crippen LogP contribution < -0.4 is 10.0 Å². The van der Waals surface area contributed by atoms with Gasteiger partial charge in [0.15, 0.2) is 11.6 Å². The summed E-state index contributed by atoms with van der Waals surface area (Å²) in [7, 11) is -3.73. The minimum atomic E-state index is -3.73. The van der Waals surface area contributed by atoms with Gasteiger partial charge in [0.25, 0.3) is 0 Å². The molecule has 0 aliphatic heterocycles.